The van der Waals surface area contributed by atoms with Gasteiger partial charge in [-0.15, -0.1) is 0 Å². The number of ether oxygens (including phenoxy) is 4. The monoisotopic (exact) mass is 1220 g/mol. The summed E-state index contributed by atoms with van der Waals surface area (Å²) in [4.78, 5) is 13.4. The van der Waals surface area contributed by atoms with Gasteiger partial charge in [0.2, 0.25) is 0 Å². The van der Waals surface area contributed by atoms with Gasteiger partial charge >= 0.3 is 19.5 Å². The molecule has 0 spiro atoms. The van der Waals surface area contributed by atoms with Crippen LogP contribution in [0.25, 0.3) is 66.5 Å². The van der Waals surface area contributed by atoms with Crippen molar-refractivity contribution in [3.8, 4) is 80.4 Å². The Morgan fingerprint density at radius 1 is 0.494 bits per heavy atom. The van der Waals surface area contributed by atoms with Crippen LogP contribution in [-0.4, -0.2) is 53.6 Å². The minimum absolute atomic E-state index is 0. The van der Waals surface area contributed by atoms with Gasteiger partial charge in [0.1, 0.15) is 17.2 Å². The molecule has 6 aromatic carbocycles. The minimum atomic E-state index is -0.783. The topological polar surface area (TPSA) is 211 Å². The Kier molecular flexibility index (Phi) is 26.6. The Bertz CT molecular complexity index is 3690. The van der Waals surface area contributed by atoms with Crippen LogP contribution in [0.1, 0.15) is 33.4 Å². The third-order valence-corrected chi connectivity index (χ3v) is 11.9. The second kappa shape index (κ2) is 30.6. The van der Waals surface area contributed by atoms with Crippen LogP contribution in [0.2, 0.25) is 15.1 Å². The van der Waals surface area contributed by atoms with Crippen LogP contribution in [0.4, 0.5) is 13.2 Å². The molecule has 0 aliphatic rings. The molecular formula is C56H44BrCl3F3N7O6Zn. The second-order valence-electron chi connectivity index (χ2n) is 14.5. The summed E-state index contributed by atoms with van der Waals surface area (Å²) in [5.74, 6) is -0.747. The molecule has 0 radical (unpaired) electrons. The molecule has 13 nitrogen and oxygen atoms in total. The number of benzene rings is 6. The van der Waals surface area contributed by atoms with Gasteiger partial charge in [-0.2, -0.15) is 10.5 Å². The van der Waals surface area contributed by atoms with Crippen LogP contribution >= 0.6 is 50.7 Å². The summed E-state index contributed by atoms with van der Waals surface area (Å²) in [7, 11) is 5.92. The molecule has 0 saturated carbocycles. The van der Waals surface area contributed by atoms with E-state index in [1.807, 2.05) is 18.2 Å². The summed E-state index contributed by atoms with van der Waals surface area (Å²) in [6.07, 6.45) is 0. The fourth-order valence-corrected chi connectivity index (χ4v) is 8.21. The molecule has 0 fully saturated rings. The Hall–Kier alpha value is -7.93. The number of hydrogen-bond donors (Lipinski definition) is 2. The predicted octanol–water partition coefficient (Wildman–Crippen LogP) is 16.1. The van der Waals surface area contributed by atoms with Crippen LogP contribution in [-0.2, 0) is 19.5 Å². The van der Waals surface area contributed by atoms with Gasteiger partial charge in [-0.1, -0.05) is 73.0 Å². The van der Waals surface area contributed by atoms with Gasteiger partial charge in [0.25, 0.3) is 0 Å². The van der Waals surface area contributed by atoms with Gasteiger partial charge in [-0.3, -0.25) is 0 Å². The molecule has 0 aliphatic heterocycles. The summed E-state index contributed by atoms with van der Waals surface area (Å²) in [6, 6.07) is 31.6. The average Bonchev–Trinajstić information content (AvgIpc) is 3.40. The maximum atomic E-state index is 14.0. The van der Waals surface area contributed by atoms with Crippen LogP contribution < -0.4 is 18.9 Å². The van der Waals surface area contributed by atoms with Crippen molar-refractivity contribution in [2.75, 3.05) is 28.4 Å². The number of nitrogens with zero attached hydrogens (tertiary/aromatic N) is 7. The maximum absolute atomic E-state index is 14.0. The van der Waals surface area contributed by atoms with Gasteiger partial charge in [0.15, 0.2) is 34.7 Å². The molecule has 9 aromatic rings. The van der Waals surface area contributed by atoms with Crippen molar-refractivity contribution in [2.24, 2.45) is 0 Å². The first-order valence-corrected chi connectivity index (χ1v) is 22.3. The van der Waals surface area contributed by atoms with E-state index in [9.17, 15) is 33.9 Å². The molecule has 3 heterocycles. The molecule has 0 atom stereocenters. The fourth-order valence-electron chi connectivity index (χ4n) is 6.93. The second-order valence-corrected chi connectivity index (χ2v) is 16.6. The number of methoxy groups -OCH3 is 4. The van der Waals surface area contributed by atoms with E-state index in [0.29, 0.717) is 88.2 Å². The van der Waals surface area contributed by atoms with Gasteiger partial charge < -0.3 is 52.8 Å². The summed E-state index contributed by atoms with van der Waals surface area (Å²) in [5, 5.41) is 52.9. The summed E-state index contributed by atoms with van der Waals surface area (Å²) < 4.78 is 62.4. The normalized spacial score (nSPS) is 9.57. The molecule has 0 aliphatic carbocycles. The van der Waals surface area contributed by atoms with E-state index in [1.54, 1.807) is 49.6 Å². The van der Waals surface area contributed by atoms with Crippen molar-refractivity contribution < 1.29 is 61.8 Å². The van der Waals surface area contributed by atoms with Crippen molar-refractivity contribution in [3.05, 3.63) is 170 Å². The van der Waals surface area contributed by atoms with Crippen molar-refractivity contribution in [2.45, 2.75) is 22.3 Å². The van der Waals surface area contributed by atoms with E-state index in [2.05, 4.69) is 37.0 Å². The van der Waals surface area contributed by atoms with E-state index in [0.717, 1.165) is 15.9 Å². The van der Waals surface area contributed by atoms with Crippen LogP contribution in [0.5, 0.6) is 34.5 Å². The number of phenolic OH excluding ortho intramolecular Hbond substituents is 2. The van der Waals surface area contributed by atoms with Crippen LogP contribution in [0.15, 0.2) is 114 Å². The SMILES string of the molecule is C.C.C.COc1cc(Cl)c2nc(-c3ccc(OC)c(F)c3)cc(Br)c2c1.COc1cc(Cl)c2nc(-c3ccc(OC)c(F)c3)cc(C#N)c2c1.N#Cc1cc(-c2ccc(O)c(F)c2)nc2c(Cl)cc(O)cc12.[C-]#N.[C-]#N.[Zn+2]. The van der Waals surface area contributed by atoms with Gasteiger partial charge in [0.05, 0.1) is 100 Å². The zero-order valence-corrected chi connectivity index (χ0v) is 45.7. The number of nitriles is 2. The van der Waals surface area contributed by atoms with E-state index in [4.69, 9.17) is 77.4 Å². The summed E-state index contributed by atoms with van der Waals surface area (Å²) in [6.45, 7) is 9.50. The quantitative estimate of drug-likeness (QED) is 0.112. The summed E-state index contributed by atoms with van der Waals surface area (Å²) >= 11 is 22.1. The molecule has 390 valence electrons. The van der Waals surface area contributed by atoms with Crippen molar-refractivity contribution in [1.82, 2.24) is 15.0 Å². The third kappa shape index (κ3) is 15.4. The van der Waals surface area contributed by atoms with Crippen molar-refractivity contribution in [1.29, 1.82) is 21.0 Å². The molecule has 0 bridgehead atoms. The van der Waals surface area contributed by atoms with E-state index < -0.39 is 23.2 Å². The molecule has 77 heavy (non-hydrogen) atoms. The first-order chi connectivity index (χ1) is 35.1. The number of pyridine rings is 3. The number of fused-ring (bicyclic) bond motifs is 3. The smallest absolute Gasteiger partial charge is 0.512 e. The zero-order chi connectivity index (χ0) is 53.7. The summed E-state index contributed by atoms with van der Waals surface area (Å²) in [5.41, 5.74) is 5.02. The molecular weight excluding hydrogens is 1180 g/mol. The average molecular weight is 1220 g/mol. The largest absolute Gasteiger partial charge is 2.00 e. The number of hydrogen-bond acceptors (Lipinski definition) is 13. The van der Waals surface area contributed by atoms with Crippen molar-refractivity contribution in [3.63, 3.8) is 0 Å². The van der Waals surface area contributed by atoms with E-state index in [1.165, 1.54) is 69.9 Å². The standard InChI is InChI=1S/C18H12ClFN2O2.C17H12BrClFNO2.C16H8ClFN2O2.2CN.3CH4.Zn/c1-23-12-7-13-11(9-21)6-16(22-18(13)14(19)8-12)10-3-4-17(24-2)15(20)5-10;1-22-10-6-11-12(18)8-15(21-17(11)13(19)7-10)9-3-4-16(23-2)14(20)5-9;17-12-6-10(21)5-11-9(7-19)4-14(20-16(11)12)8-1-2-15(22)13(18)3-8;2*1-2;;;;/h3-8H,1-2H3;3-8H,1-2H3;1-6,21-22H;;;3*1H4;/q;;;2*-1;;;;+2. The molecule has 21 heteroatoms. The molecule has 0 saturated heterocycles. The molecule has 0 unspecified atom stereocenters. The van der Waals surface area contributed by atoms with Crippen LogP contribution in [0, 0.1) is 63.8 Å². The Morgan fingerprint density at radius 3 is 1.25 bits per heavy atom. The number of halogens is 7. The Morgan fingerprint density at radius 2 is 0.857 bits per heavy atom. The maximum Gasteiger partial charge on any atom is 2.00 e. The van der Waals surface area contributed by atoms with Crippen molar-refractivity contribution >= 4 is 83.4 Å². The zero-order valence-electron chi connectivity index (χ0n) is 38.9. The number of aromatic hydroxyl groups is 2. The minimum Gasteiger partial charge on any atom is -0.512 e. The van der Waals surface area contributed by atoms with Gasteiger partial charge in [-0.25, -0.2) is 28.1 Å². The Balaban J connectivity index is 0.000000545. The number of phenols is 2. The fraction of sp³-hybridized carbons (Fsp3) is 0.125. The number of rotatable bonds is 7. The number of aromatic nitrogens is 3. The first-order valence-electron chi connectivity index (χ1n) is 20.4. The van der Waals surface area contributed by atoms with Crippen LogP contribution in [0.3, 0.4) is 0 Å². The first kappa shape index (κ1) is 67.1. The van der Waals surface area contributed by atoms with Gasteiger partial charge in [0, 0.05) is 55.5 Å². The molecule has 0 amide bonds. The Labute approximate surface area is 479 Å². The third-order valence-electron chi connectivity index (χ3n) is 10.3. The van der Waals surface area contributed by atoms with E-state index in [-0.39, 0.29) is 69.6 Å². The molecule has 3 aromatic heterocycles. The molecule has 9 rings (SSSR count). The van der Waals surface area contributed by atoms with Gasteiger partial charge in [-0.05, 0) is 91.0 Å². The predicted molar refractivity (Wildman–Crippen MR) is 293 cm³/mol. The van der Waals surface area contributed by atoms with E-state index >= 15 is 0 Å². The molecule has 2 N–H and O–H groups in total.